The lowest BCUT2D eigenvalue weighted by atomic mass is 9.88. The summed E-state index contributed by atoms with van der Waals surface area (Å²) >= 11 is 0. The van der Waals surface area contributed by atoms with E-state index in [4.69, 9.17) is 4.74 Å². The van der Waals surface area contributed by atoms with Crippen molar-refractivity contribution in [3.63, 3.8) is 0 Å². The van der Waals surface area contributed by atoms with Crippen LogP contribution in [0.4, 0.5) is 10.5 Å². The predicted molar refractivity (Wildman–Crippen MR) is 97.8 cm³/mol. The molecule has 0 aliphatic carbocycles. The van der Waals surface area contributed by atoms with E-state index >= 15 is 0 Å². The smallest absolute Gasteiger partial charge is 0.421 e. The van der Waals surface area contributed by atoms with Crippen molar-refractivity contribution >= 4 is 17.7 Å². The summed E-state index contributed by atoms with van der Waals surface area (Å²) in [6.45, 7) is 7.44. The minimum Gasteiger partial charge on any atom is -0.443 e. The monoisotopic (exact) mass is 337 g/mol. The van der Waals surface area contributed by atoms with Gasteiger partial charge in [-0.15, -0.1) is 0 Å². The second-order valence-electron chi connectivity index (χ2n) is 7.20. The number of amides is 2. The van der Waals surface area contributed by atoms with Crippen LogP contribution < -0.4 is 4.90 Å². The topological polar surface area (TPSA) is 46.6 Å². The van der Waals surface area contributed by atoms with Crippen molar-refractivity contribution in [1.82, 2.24) is 0 Å². The standard InChI is InChI=1S/C21H23NO3/c1-5-14-10-6-7-11-15(14)18-16-12-8-9-13-17(16)22(19(18)23)20(24)25-21(2,3)4/h6-13,18H,5H2,1-4H3. The first-order valence-corrected chi connectivity index (χ1v) is 8.57. The molecule has 0 radical (unpaired) electrons. The minimum absolute atomic E-state index is 0.253. The molecule has 2 aromatic carbocycles. The zero-order valence-corrected chi connectivity index (χ0v) is 15.1. The Bertz CT molecular complexity index is 820. The largest absolute Gasteiger partial charge is 0.443 e. The van der Waals surface area contributed by atoms with Gasteiger partial charge in [-0.25, -0.2) is 9.69 Å². The molecule has 130 valence electrons. The molecule has 25 heavy (non-hydrogen) atoms. The molecule has 2 amide bonds. The Labute approximate surface area is 148 Å². The SMILES string of the molecule is CCc1ccccc1C1C(=O)N(C(=O)OC(C)(C)C)c2ccccc21. The van der Waals surface area contributed by atoms with Crippen LogP contribution in [0.1, 0.15) is 50.3 Å². The van der Waals surface area contributed by atoms with Gasteiger partial charge in [0.2, 0.25) is 5.91 Å². The van der Waals surface area contributed by atoms with Crippen LogP contribution in [0.15, 0.2) is 48.5 Å². The fourth-order valence-electron chi connectivity index (χ4n) is 3.25. The van der Waals surface area contributed by atoms with Gasteiger partial charge in [-0.2, -0.15) is 0 Å². The number of hydrogen-bond donors (Lipinski definition) is 0. The molecule has 1 unspecified atom stereocenters. The third kappa shape index (κ3) is 3.16. The quantitative estimate of drug-likeness (QED) is 0.800. The highest BCUT2D eigenvalue weighted by Crippen LogP contribution is 2.42. The number of aryl methyl sites for hydroxylation is 1. The lowest BCUT2D eigenvalue weighted by molar-refractivity contribution is -0.118. The molecule has 0 bridgehead atoms. The van der Waals surface area contributed by atoms with E-state index in [0.29, 0.717) is 5.69 Å². The number of anilines is 1. The maximum atomic E-state index is 13.2. The molecule has 2 aromatic rings. The fourth-order valence-corrected chi connectivity index (χ4v) is 3.25. The molecule has 0 spiro atoms. The Hall–Kier alpha value is -2.62. The molecule has 0 aromatic heterocycles. The summed E-state index contributed by atoms with van der Waals surface area (Å²) in [6.07, 6.45) is 0.204. The van der Waals surface area contributed by atoms with E-state index in [1.807, 2.05) is 42.5 Å². The molecule has 0 saturated carbocycles. The van der Waals surface area contributed by atoms with E-state index < -0.39 is 17.6 Å². The highest BCUT2D eigenvalue weighted by atomic mass is 16.6. The van der Waals surface area contributed by atoms with Gasteiger partial charge in [0.25, 0.3) is 0 Å². The van der Waals surface area contributed by atoms with Crippen LogP contribution in [-0.4, -0.2) is 17.6 Å². The van der Waals surface area contributed by atoms with E-state index in [0.717, 1.165) is 23.1 Å². The van der Waals surface area contributed by atoms with Gasteiger partial charge in [0, 0.05) is 0 Å². The molecular formula is C21H23NO3. The summed E-state index contributed by atoms with van der Waals surface area (Å²) in [5, 5.41) is 0. The fraction of sp³-hybridized carbons (Fsp3) is 0.333. The highest BCUT2D eigenvalue weighted by Gasteiger charge is 2.43. The first-order chi connectivity index (χ1) is 11.8. The van der Waals surface area contributed by atoms with E-state index in [1.165, 1.54) is 4.90 Å². The number of para-hydroxylation sites is 1. The zero-order valence-electron chi connectivity index (χ0n) is 15.1. The van der Waals surface area contributed by atoms with Crippen molar-refractivity contribution in [3.05, 3.63) is 65.2 Å². The summed E-state index contributed by atoms with van der Waals surface area (Å²) in [7, 11) is 0. The molecule has 1 atom stereocenters. The van der Waals surface area contributed by atoms with Crippen molar-refractivity contribution in [2.24, 2.45) is 0 Å². The van der Waals surface area contributed by atoms with E-state index in [-0.39, 0.29) is 5.91 Å². The van der Waals surface area contributed by atoms with Crippen molar-refractivity contribution in [2.75, 3.05) is 4.90 Å². The van der Waals surface area contributed by atoms with Crippen LogP contribution >= 0.6 is 0 Å². The lowest BCUT2D eigenvalue weighted by Gasteiger charge is -2.24. The van der Waals surface area contributed by atoms with Gasteiger partial charge >= 0.3 is 6.09 Å². The van der Waals surface area contributed by atoms with E-state index in [2.05, 4.69) is 6.92 Å². The van der Waals surface area contributed by atoms with E-state index in [1.54, 1.807) is 26.8 Å². The van der Waals surface area contributed by atoms with Gasteiger partial charge in [-0.3, -0.25) is 4.79 Å². The summed E-state index contributed by atoms with van der Waals surface area (Å²) in [6, 6.07) is 15.3. The van der Waals surface area contributed by atoms with Gasteiger partial charge in [0.1, 0.15) is 5.60 Å². The molecule has 1 aliphatic rings. The van der Waals surface area contributed by atoms with Crippen LogP contribution in [0.25, 0.3) is 0 Å². The van der Waals surface area contributed by atoms with Crippen LogP contribution in [0.5, 0.6) is 0 Å². The van der Waals surface area contributed by atoms with Crippen LogP contribution in [0.2, 0.25) is 0 Å². The number of fused-ring (bicyclic) bond motifs is 1. The van der Waals surface area contributed by atoms with Gasteiger partial charge in [-0.05, 0) is 49.9 Å². The highest BCUT2D eigenvalue weighted by molar-refractivity contribution is 6.20. The summed E-state index contributed by atoms with van der Waals surface area (Å²) in [4.78, 5) is 27.0. The number of carbonyl (C=O) groups is 2. The number of nitrogens with zero attached hydrogens (tertiary/aromatic N) is 1. The van der Waals surface area contributed by atoms with Crippen molar-refractivity contribution < 1.29 is 14.3 Å². The predicted octanol–water partition coefficient (Wildman–Crippen LogP) is 4.66. The second kappa shape index (κ2) is 6.36. The molecule has 4 nitrogen and oxygen atoms in total. The molecule has 3 rings (SSSR count). The van der Waals surface area contributed by atoms with Crippen LogP contribution in [0.3, 0.4) is 0 Å². The van der Waals surface area contributed by atoms with E-state index in [9.17, 15) is 9.59 Å². The number of carbonyl (C=O) groups excluding carboxylic acids is 2. The zero-order chi connectivity index (χ0) is 18.2. The lowest BCUT2D eigenvalue weighted by Crippen LogP contribution is -2.39. The molecule has 0 saturated heterocycles. The average molecular weight is 337 g/mol. The summed E-state index contributed by atoms with van der Waals surface area (Å²) < 4.78 is 5.46. The average Bonchev–Trinajstić information content (AvgIpc) is 2.85. The maximum Gasteiger partial charge on any atom is 0.421 e. The summed E-state index contributed by atoms with van der Waals surface area (Å²) in [5.41, 5.74) is 2.86. The number of rotatable bonds is 2. The van der Waals surface area contributed by atoms with Crippen molar-refractivity contribution in [3.8, 4) is 0 Å². The number of hydrogen-bond acceptors (Lipinski definition) is 3. The van der Waals surface area contributed by atoms with Crippen molar-refractivity contribution in [2.45, 2.75) is 45.6 Å². The van der Waals surface area contributed by atoms with Crippen LogP contribution in [0, 0.1) is 0 Å². The minimum atomic E-state index is -0.661. The van der Waals surface area contributed by atoms with Crippen LogP contribution in [-0.2, 0) is 16.0 Å². The van der Waals surface area contributed by atoms with Gasteiger partial charge < -0.3 is 4.74 Å². The maximum absolute atomic E-state index is 13.2. The molecule has 1 aliphatic heterocycles. The van der Waals surface area contributed by atoms with Gasteiger partial charge in [0.05, 0.1) is 11.6 Å². The Morgan fingerprint density at radius 3 is 2.28 bits per heavy atom. The van der Waals surface area contributed by atoms with Gasteiger partial charge in [-0.1, -0.05) is 49.4 Å². The first kappa shape index (κ1) is 17.2. The molecular weight excluding hydrogens is 314 g/mol. The molecule has 4 heteroatoms. The second-order valence-corrected chi connectivity index (χ2v) is 7.20. The number of ether oxygens (including phenoxy) is 1. The number of benzene rings is 2. The Morgan fingerprint density at radius 2 is 1.64 bits per heavy atom. The molecule has 0 fully saturated rings. The third-order valence-corrected chi connectivity index (χ3v) is 4.28. The normalized spacial score (nSPS) is 16.7. The summed E-state index contributed by atoms with van der Waals surface area (Å²) in [5.74, 6) is -0.726. The number of imide groups is 1. The Morgan fingerprint density at radius 1 is 1.04 bits per heavy atom. The third-order valence-electron chi connectivity index (χ3n) is 4.28. The van der Waals surface area contributed by atoms with Gasteiger partial charge in [0.15, 0.2) is 0 Å². The molecule has 1 heterocycles. The Kier molecular flexibility index (Phi) is 4.38. The first-order valence-electron chi connectivity index (χ1n) is 8.57. The molecule has 0 N–H and O–H groups in total. The Balaban J connectivity index is 2.08. The van der Waals surface area contributed by atoms with Crippen molar-refractivity contribution in [1.29, 1.82) is 0 Å².